The summed E-state index contributed by atoms with van der Waals surface area (Å²) in [7, 11) is 0. The number of ether oxygens (including phenoxy) is 1. The lowest BCUT2D eigenvalue weighted by Gasteiger charge is -2.09. The van der Waals surface area contributed by atoms with Crippen LogP contribution in [0.2, 0.25) is 0 Å². The monoisotopic (exact) mass is 256 g/mol. The predicted molar refractivity (Wildman–Crippen MR) is 70.7 cm³/mol. The molecule has 2 aromatic heterocycles. The molecule has 96 valence electrons. The molecule has 0 unspecified atom stereocenters. The molecule has 0 aliphatic heterocycles. The van der Waals surface area contributed by atoms with E-state index in [1.165, 1.54) is 0 Å². The number of nitrogen functional groups attached to an aromatic ring is 1. The Kier molecular flexibility index (Phi) is 2.73. The summed E-state index contributed by atoms with van der Waals surface area (Å²) >= 11 is 0. The van der Waals surface area contributed by atoms with Crippen LogP contribution in [0.3, 0.4) is 0 Å². The molecule has 0 amide bonds. The van der Waals surface area contributed by atoms with Crippen molar-refractivity contribution in [3.8, 4) is 11.6 Å². The van der Waals surface area contributed by atoms with E-state index in [-0.39, 0.29) is 5.95 Å². The lowest BCUT2D eigenvalue weighted by Crippen LogP contribution is -2.11. The zero-order valence-electron chi connectivity index (χ0n) is 10.2. The Balaban J connectivity index is 2.09. The Bertz CT molecular complexity index is 723. The second kappa shape index (κ2) is 4.54. The van der Waals surface area contributed by atoms with E-state index in [0.29, 0.717) is 16.9 Å². The van der Waals surface area contributed by atoms with E-state index in [4.69, 9.17) is 10.6 Å². The van der Waals surface area contributed by atoms with Gasteiger partial charge in [-0.05, 0) is 18.6 Å². The molecule has 7 nitrogen and oxygen atoms in total. The van der Waals surface area contributed by atoms with Gasteiger partial charge in [-0.2, -0.15) is 15.1 Å². The molecular weight excluding hydrogens is 244 g/mol. The summed E-state index contributed by atoms with van der Waals surface area (Å²) in [6.45, 7) is 1.96. The summed E-state index contributed by atoms with van der Waals surface area (Å²) in [4.78, 5) is 8.33. The van der Waals surface area contributed by atoms with Crippen LogP contribution in [0.4, 0.5) is 5.95 Å². The average molecular weight is 256 g/mol. The van der Waals surface area contributed by atoms with Crippen molar-refractivity contribution < 1.29 is 4.74 Å². The first-order chi connectivity index (χ1) is 9.28. The van der Waals surface area contributed by atoms with Crippen LogP contribution in [0.5, 0.6) is 11.6 Å². The highest BCUT2D eigenvalue weighted by atomic mass is 16.5. The van der Waals surface area contributed by atoms with Crippen molar-refractivity contribution >= 4 is 17.0 Å². The van der Waals surface area contributed by atoms with Crippen molar-refractivity contribution in [3.63, 3.8) is 0 Å². The number of nitrogens with two attached hydrogens (primary N) is 1. The molecule has 2 heterocycles. The van der Waals surface area contributed by atoms with Gasteiger partial charge in [0.05, 0.1) is 6.20 Å². The number of rotatable bonds is 3. The Morgan fingerprint density at radius 1 is 1.26 bits per heavy atom. The second-order valence-electron chi connectivity index (χ2n) is 4.00. The van der Waals surface area contributed by atoms with E-state index in [0.717, 1.165) is 11.3 Å². The van der Waals surface area contributed by atoms with Gasteiger partial charge in [0.25, 0.3) is 0 Å². The van der Waals surface area contributed by atoms with Crippen molar-refractivity contribution in [3.05, 3.63) is 36.0 Å². The smallest absolute Gasteiger partial charge is 0.242 e. The molecule has 0 saturated heterocycles. The highest BCUT2D eigenvalue weighted by molar-refractivity contribution is 5.80. The molecule has 0 radical (unpaired) electrons. The molecule has 0 fully saturated rings. The molecule has 3 aromatic rings. The van der Waals surface area contributed by atoms with E-state index in [1.54, 1.807) is 6.20 Å². The standard InChI is InChI=1S/C12H12N6O/c1-7-4-2-3-5-9(7)19-11-8-6-14-18-10(8)15-12(16-11)17-13/h2-6H,13H2,1H3,(H2,14,15,16,17,18). The number of aromatic amines is 1. The minimum Gasteiger partial charge on any atom is -0.438 e. The topological polar surface area (TPSA) is 102 Å². The Hall–Kier alpha value is -2.67. The van der Waals surface area contributed by atoms with Crippen LogP contribution in [0.15, 0.2) is 30.5 Å². The van der Waals surface area contributed by atoms with Crippen molar-refractivity contribution in [2.75, 3.05) is 5.43 Å². The molecule has 3 rings (SSSR count). The number of aromatic nitrogens is 4. The minimum absolute atomic E-state index is 0.264. The summed E-state index contributed by atoms with van der Waals surface area (Å²) in [5.41, 5.74) is 3.98. The first-order valence-electron chi connectivity index (χ1n) is 5.69. The summed E-state index contributed by atoms with van der Waals surface area (Å²) in [6.07, 6.45) is 1.61. The largest absolute Gasteiger partial charge is 0.438 e. The number of hydrogen-bond acceptors (Lipinski definition) is 6. The third-order valence-corrected chi connectivity index (χ3v) is 2.70. The SMILES string of the molecule is Cc1ccccc1Oc1nc(NN)nc2[nH]ncc12. The molecule has 4 N–H and O–H groups in total. The van der Waals surface area contributed by atoms with Crippen LogP contribution in [0.1, 0.15) is 5.56 Å². The van der Waals surface area contributed by atoms with E-state index >= 15 is 0 Å². The quantitative estimate of drug-likeness (QED) is 0.487. The molecule has 19 heavy (non-hydrogen) atoms. The van der Waals surface area contributed by atoms with E-state index in [9.17, 15) is 0 Å². The molecule has 0 aliphatic carbocycles. The molecule has 0 spiro atoms. The van der Waals surface area contributed by atoms with Crippen LogP contribution in [0, 0.1) is 6.92 Å². The number of anilines is 1. The first kappa shape index (κ1) is 11.4. The van der Waals surface area contributed by atoms with Crippen LogP contribution in [-0.2, 0) is 0 Å². The maximum absolute atomic E-state index is 5.82. The maximum Gasteiger partial charge on any atom is 0.242 e. The zero-order valence-corrected chi connectivity index (χ0v) is 10.2. The van der Waals surface area contributed by atoms with Crippen LogP contribution < -0.4 is 16.0 Å². The molecule has 0 atom stereocenters. The third-order valence-electron chi connectivity index (χ3n) is 2.70. The Morgan fingerprint density at radius 2 is 2.11 bits per heavy atom. The number of fused-ring (bicyclic) bond motifs is 1. The molecule has 0 aliphatic rings. The van der Waals surface area contributed by atoms with Crippen LogP contribution in [0.25, 0.3) is 11.0 Å². The fraction of sp³-hybridized carbons (Fsp3) is 0.0833. The number of aryl methyl sites for hydroxylation is 1. The fourth-order valence-electron chi connectivity index (χ4n) is 1.73. The lowest BCUT2D eigenvalue weighted by molar-refractivity contribution is 0.465. The van der Waals surface area contributed by atoms with Crippen molar-refractivity contribution in [1.29, 1.82) is 0 Å². The van der Waals surface area contributed by atoms with Gasteiger partial charge in [0.1, 0.15) is 11.1 Å². The fourth-order valence-corrected chi connectivity index (χ4v) is 1.73. The van der Waals surface area contributed by atoms with Gasteiger partial charge in [0.2, 0.25) is 11.8 Å². The highest BCUT2D eigenvalue weighted by Crippen LogP contribution is 2.28. The van der Waals surface area contributed by atoms with Crippen LogP contribution >= 0.6 is 0 Å². The Morgan fingerprint density at radius 3 is 2.89 bits per heavy atom. The van der Waals surface area contributed by atoms with Gasteiger partial charge in [-0.15, -0.1) is 0 Å². The van der Waals surface area contributed by atoms with Gasteiger partial charge in [-0.1, -0.05) is 18.2 Å². The van der Waals surface area contributed by atoms with Gasteiger partial charge < -0.3 is 4.74 Å². The summed E-state index contributed by atoms with van der Waals surface area (Å²) in [5, 5.41) is 7.38. The molecule has 0 saturated carbocycles. The zero-order chi connectivity index (χ0) is 13.2. The van der Waals surface area contributed by atoms with Crippen molar-refractivity contribution in [2.45, 2.75) is 6.92 Å². The number of nitrogens with one attached hydrogen (secondary N) is 2. The van der Waals surface area contributed by atoms with Gasteiger partial charge in [-0.3, -0.25) is 10.5 Å². The van der Waals surface area contributed by atoms with Gasteiger partial charge in [-0.25, -0.2) is 5.84 Å². The summed E-state index contributed by atoms with van der Waals surface area (Å²) < 4.78 is 5.82. The Labute approximate surface area is 108 Å². The van der Waals surface area contributed by atoms with Crippen molar-refractivity contribution in [2.24, 2.45) is 5.84 Å². The van der Waals surface area contributed by atoms with Crippen molar-refractivity contribution in [1.82, 2.24) is 20.2 Å². The second-order valence-corrected chi connectivity index (χ2v) is 4.00. The van der Waals surface area contributed by atoms with Gasteiger partial charge in [0, 0.05) is 0 Å². The first-order valence-corrected chi connectivity index (χ1v) is 5.69. The number of para-hydroxylation sites is 1. The number of H-pyrrole nitrogens is 1. The normalized spacial score (nSPS) is 10.6. The van der Waals surface area contributed by atoms with Gasteiger partial charge >= 0.3 is 0 Å². The predicted octanol–water partition coefficient (Wildman–Crippen LogP) is 1.74. The number of nitrogens with zero attached hydrogens (tertiary/aromatic N) is 3. The molecule has 0 bridgehead atoms. The maximum atomic E-state index is 5.82. The van der Waals surface area contributed by atoms with Crippen LogP contribution in [-0.4, -0.2) is 20.2 Å². The number of hydrazine groups is 1. The molecule has 1 aromatic carbocycles. The number of benzene rings is 1. The van der Waals surface area contributed by atoms with E-state index < -0.39 is 0 Å². The summed E-state index contributed by atoms with van der Waals surface area (Å²) in [6, 6.07) is 7.69. The van der Waals surface area contributed by atoms with Gasteiger partial charge in [0.15, 0.2) is 5.65 Å². The lowest BCUT2D eigenvalue weighted by atomic mass is 10.2. The molecular formula is C12H12N6O. The summed E-state index contributed by atoms with van der Waals surface area (Å²) in [5.74, 6) is 6.73. The molecule has 7 heteroatoms. The third kappa shape index (κ3) is 2.06. The number of hydrogen-bond donors (Lipinski definition) is 3. The van der Waals surface area contributed by atoms with E-state index in [1.807, 2.05) is 31.2 Å². The average Bonchev–Trinajstić information content (AvgIpc) is 2.89. The highest BCUT2D eigenvalue weighted by Gasteiger charge is 2.11. The van der Waals surface area contributed by atoms with E-state index in [2.05, 4.69) is 25.6 Å². The minimum atomic E-state index is 0.264.